The SMILES string of the molecule is C=CCNC(=NCCC1CNc2ccc(OC)cc21)SCC. The molecule has 1 aliphatic heterocycles. The first-order valence-electron chi connectivity index (χ1n) is 7.72. The van der Waals surface area contributed by atoms with Crippen LogP contribution in [-0.4, -0.2) is 37.7 Å². The monoisotopic (exact) mass is 319 g/mol. The van der Waals surface area contributed by atoms with Gasteiger partial charge in [-0.05, 0) is 35.9 Å². The quantitative estimate of drug-likeness (QED) is 0.459. The summed E-state index contributed by atoms with van der Waals surface area (Å²) in [5, 5.41) is 7.77. The molecule has 5 heteroatoms. The average Bonchev–Trinajstić information content (AvgIpc) is 2.94. The molecule has 22 heavy (non-hydrogen) atoms. The predicted molar refractivity (Wildman–Crippen MR) is 97.5 cm³/mol. The number of nitrogens with zero attached hydrogens (tertiary/aromatic N) is 1. The number of nitrogens with one attached hydrogen (secondary N) is 2. The molecule has 2 N–H and O–H groups in total. The van der Waals surface area contributed by atoms with Gasteiger partial charge in [0.25, 0.3) is 0 Å². The van der Waals surface area contributed by atoms with Crippen LogP contribution in [0.15, 0.2) is 35.8 Å². The first-order valence-corrected chi connectivity index (χ1v) is 8.70. The Morgan fingerprint density at radius 3 is 3.18 bits per heavy atom. The van der Waals surface area contributed by atoms with Gasteiger partial charge in [-0.15, -0.1) is 6.58 Å². The van der Waals surface area contributed by atoms with Crippen molar-refractivity contribution >= 4 is 22.6 Å². The number of rotatable bonds is 7. The Morgan fingerprint density at radius 2 is 2.45 bits per heavy atom. The third kappa shape index (κ3) is 4.44. The normalized spacial score (nSPS) is 16.8. The smallest absolute Gasteiger partial charge is 0.156 e. The first kappa shape index (κ1) is 16.7. The van der Waals surface area contributed by atoms with Gasteiger partial charge in [0.05, 0.1) is 7.11 Å². The lowest BCUT2D eigenvalue weighted by atomic mass is 9.98. The van der Waals surface area contributed by atoms with E-state index in [4.69, 9.17) is 9.73 Å². The fourth-order valence-electron chi connectivity index (χ4n) is 2.54. The molecule has 0 aromatic heterocycles. The number of aliphatic imine (C=N–C) groups is 1. The van der Waals surface area contributed by atoms with E-state index in [1.165, 1.54) is 11.3 Å². The number of hydrogen-bond acceptors (Lipinski definition) is 4. The molecule has 0 saturated carbocycles. The van der Waals surface area contributed by atoms with Crippen molar-refractivity contribution in [3.8, 4) is 5.75 Å². The molecular formula is C17H25N3OS. The van der Waals surface area contributed by atoms with Gasteiger partial charge in [0.15, 0.2) is 5.17 Å². The van der Waals surface area contributed by atoms with Crippen LogP contribution in [0.3, 0.4) is 0 Å². The van der Waals surface area contributed by atoms with Crippen molar-refractivity contribution in [1.82, 2.24) is 5.32 Å². The first-order chi connectivity index (χ1) is 10.8. The fraction of sp³-hybridized carbons (Fsp3) is 0.471. The average molecular weight is 319 g/mol. The summed E-state index contributed by atoms with van der Waals surface area (Å²) >= 11 is 1.75. The van der Waals surface area contributed by atoms with E-state index in [2.05, 4.69) is 36.3 Å². The molecule has 1 aromatic carbocycles. The van der Waals surface area contributed by atoms with Crippen molar-refractivity contribution in [1.29, 1.82) is 0 Å². The number of thioether (sulfide) groups is 1. The summed E-state index contributed by atoms with van der Waals surface area (Å²) in [5.41, 5.74) is 2.57. The number of amidine groups is 1. The zero-order chi connectivity index (χ0) is 15.8. The van der Waals surface area contributed by atoms with Crippen LogP contribution in [0.2, 0.25) is 0 Å². The Morgan fingerprint density at radius 1 is 1.59 bits per heavy atom. The minimum Gasteiger partial charge on any atom is -0.497 e. The van der Waals surface area contributed by atoms with E-state index in [0.29, 0.717) is 5.92 Å². The number of methoxy groups -OCH3 is 1. The molecule has 0 bridgehead atoms. The Balaban J connectivity index is 1.94. The van der Waals surface area contributed by atoms with E-state index < -0.39 is 0 Å². The Labute approximate surface area is 137 Å². The van der Waals surface area contributed by atoms with Crippen LogP contribution < -0.4 is 15.4 Å². The van der Waals surface area contributed by atoms with Gasteiger partial charge in [0, 0.05) is 31.2 Å². The second-order valence-electron chi connectivity index (χ2n) is 5.11. The lowest BCUT2D eigenvalue weighted by Gasteiger charge is -2.11. The maximum absolute atomic E-state index is 5.33. The molecule has 120 valence electrons. The topological polar surface area (TPSA) is 45.7 Å². The van der Waals surface area contributed by atoms with Gasteiger partial charge in [-0.1, -0.05) is 24.8 Å². The molecule has 1 unspecified atom stereocenters. The molecule has 1 atom stereocenters. The minimum atomic E-state index is 0.501. The van der Waals surface area contributed by atoms with Crippen molar-refractivity contribution in [2.45, 2.75) is 19.3 Å². The van der Waals surface area contributed by atoms with E-state index in [9.17, 15) is 0 Å². The molecule has 0 aliphatic carbocycles. The van der Waals surface area contributed by atoms with Gasteiger partial charge < -0.3 is 15.4 Å². The van der Waals surface area contributed by atoms with Crippen molar-refractivity contribution in [2.24, 2.45) is 4.99 Å². The zero-order valence-electron chi connectivity index (χ0n) is 13.4. The predicted octanol–water partition coefficient (Wildman–Crippen LogP) is 3.48. The van der Waals surface area contributed by atoms with Crippen molar-refractivity contribution < 1.29 is 4.74 Å². The lowest BCUT2D eigenvalue weighted by molar-refractivity contribution is 0.414. The summed E-state index contributed by atoms with van der Waals surface area (Å²) in [6.45, 7) is 8.44. The summed E-state index contributed by atoms with van der Waals surface area (Å²) in [6, 6.07) is 6.24. The second-order valence-corrected chi connectivity index (χ2v) is 6.36. The van der Waals surface area contributed by atoms with Crippen LogP contribution in [-0.2, 0) is 0 Å². The molecule has 0 radical (unpaired) electrons. The van der Waals surface area contributed by atoms with Gasteiger partial charge in [-0.25, -0.2) is 0 Å². The number of hydrogen-bond donors (Lipinski definition) is 2. The van der Waals surface area contributed by atoms with E-state index in [1.54, 1.807) is 18.9 Å². The highest BCUT2D eigenvalue weighted by Gasteiger charge is 2.22. The van der Waals surface area contributed by atoms with E-state index >= 15 is 0 Å². The van der Waals surface area contributed by atoms with Crippen LogP contribution in [0, 0.1) is 0 Å². The Hall–Kier alpha value is -1.62. The van der Waals surface area contributed by atoms with Gasteiger partial charge in [-0.3, -0.25) is 4.99 Å². The molecule has 0 amide bonds. The molecular weight excluding hydrogens is 294 g/mol. The van der Waals surface area contributed by atoms with Gasteiger partial charge in [-0.2, -0.15) is 0 Å². The van der Waals surface area contributed by atoms with Gasteiger partial charge >= 0.3 is 0 Å². The Bertz CT molecular complexity index is 531. The van der Waals surface area contributed by atoms with E-state index in [1.807, 2.05) is 12.1 Å². The Kier molecular flexibility index (Phi) is 6.65. The van der Waals surface area contributed by atoms with Crippen molar-refractivity contribution in [3.05, 3.63) is 36.4 Å². The number of anilines is 1. The minimum absolute atomic E-state index is 0.501. The van der Waals surface area contributed by atoms with E-state index in [0.717, 1.165) is 42.7 Å². The van der Waals surface area contributed by atoms with Crippen LogP contribution in [0.1, 0.15) is 24.8 Å². The highest BCUT2D eigenvalue weighted by molar-refractivity contribution is 8.13. The van der Waals surface area contributed by atoms with Gasteiger partial charge in [0.1, 0.15) is 5.75 Å². The highest BCUT2D eigenvalue weighted by Crippen LogP contribution is 2.36. The van der Waals surface area contributed by atoms with Crippen molar-refractivity contribution in [2.75, 3.05) is 37.8 Å². The summed E-state index contributed by atoms with van der Waals surface area (Å²) in [6.07, 6.45) is 2.89. The van der Waals surface area contributed by atoms with Crippen LogP contribution in [0.5, 0.6) is 5.75 Å². The molecule has 2 rings (SSSR count). The summed E-state index contributed by atoms with van der Waals surface area (Å²) in [4.78, 5) is 4.69. The maximum Gasteiger partial charge on any atom is 0.156 e. The van der Waals surface area contributed by atoms with Gasteiger partial charge in [0.2, 0.25) is 0 Å². The maximum atomic E-state index is 5.33. The molecule has 1 aromatic rings. The summed E-state index contributed by atoms with van der Waals surface area (Å²) in [7, 11) is 1.71. The number of benzene rings is 1. The molecule has 0 saturated heterocycles. The molecule has 1 heterocycles. The standard InChI is InChI=1S/C17H25N3OS/c1-4-9-18-17(22-5-2)19-10-8-13-12-20-16-7-6-14(21-3)11-15(13)16/h4,6-7,11,13,20H,1,5,8-10,12H2,2-3H3,(H,18,19). The number of fused-ring (bicyclic) bond motifs is 1. The van der Waals surface area contributed by atoms with Crippen LogP contribution in [0.4, 0.5) is 5.69 Å². The third-order valence-electron chi connectivity index (χ3n) is 3.65. The second kappa shape index (κ2) is 8.73. The van der Waals surface area contributed by atoms with Crippen LogP contribution in [0.25, 0.3) is 0 Å². The third-order valence-corrected chi connectivity index (χ3v) is 4.48. The van der Waals surface area contributed by atoms with E-state index in [-0.39, 0.29) is 0 Å². The molecule has 4 nitrogen and oxygen atoms in total. The molecule has 1 aliphatic rings. The van der Waals surface area contributed by atoms with Crippen molar-refractivity contribution in [3.63, 3.8) is 0 Å². The largest absolute Gasteiger partial charge is 0.497 e. The molecule has 0 spiro atoms. The lowest BCUT2D eigenvalue weighted by Crippen LogP contribution is -2.21. The highest BCUT2D eigenvalue weighted by atomic mass is 32.2. The molecule has 0 fully saturated rings. The fourth-order valence-corrected chi connectivity index (χ4v) is 3.18. The van der Waals surface area contributed by atoms with Crippen LogP contribution >= 0.6 is 11.8 Å². The zero-order valence-corrected chi connectivity index (χ0v) is 14.2. The summed E-state index contributed by atoms with van der Waals surface area (Å²) in [5.74, 6) is 2.44. The number of ether oxygens (including phenoxy) is 1. The summed E-state index contributed by atoms with van der Waals surface area (Å²) < 4.78 is 5.33.